The van der Waals surface area contributed by atoms with E-state index in [1.807, 2.05) is 0 Å². The van der Waals surface area contributed by atoms with E-state index >= 15 is 0 Å². The number of hydrogen-bond donors (Lipinski definition) is 2. The molecule has 5 nitrogen and oxygen atoms in total. The van der Waals surface area contributed by atoms with Crippen molar-refractivity contribution in [2.45, 2.75) is 23.8 Å². The smallest absolute Gasteiger partial charge is 0.261 e. The molecule has 7 heteroatoms. The Labute approximate surface area is 139 Å². The van der Waals surface area contributed by atoms with E-state index in [-0.39, 0.29) is 16.8 Å². The Hall–Kier alpha value is -2.05. The van der Waals surface area contributed by atoms with Gasteiger partial charge in [0, 0.05) is 16.6 Å². The summed E-state index contributed by atoms with van der Waals surface area (Å²) in [6, 6.07) is 12.5. The first kappa shape index (κ1) is 15.8. The molecule has 1 aliphatic carbocycles. The molecule has 0 radical (unpaired) electrons. The van der Waals surface area contributed by atoms with Crippen LogP contribution in [-0.4, -0.2) is 20.4 Å². The molecule has 1 saturated carbocycles. The van der Waals surface area contributed by atoms with Crippen LogP contribution < -0.4 is 10.0 Å². The SMILES string of the molecule is O=C(NC1CC1)c1ccc(S(=O)(=O)Nc2cccc(Cl)c2)cc1. The van der Waals surface area contributed by atoms with Crippen LogP contribution in [0.25, 0.3) is 0 Å². The van der Waals surface area contributed by atoms with Gasteiger partial charge in [0.05, 0.1) is 10.6 Å². The average Bonchev–Trinajstić information content (AvgIpc) is 3.31. The Kier molecular flexibility index (Phi) is 4.28. The highest BCUT2D eigenvalue weighted by Gasteiger charge is 2.24. The van der Waals surface area contributed by atoms with Crippen LogP contribution in [0.5, 0.6) is 0 Å². The van der Waals surface area contributed by atoms with Gasteiger partial charge >= 0.3 is 0 Å². The van der Waals surface area contributed by atoms with Gasteiger partial charge in [-0.15, -0.1) is 0 Å². The lowest BCUT2D eigenvalue weighted by molar-refractivity contribution is 0.0951. The fraction of sp³-hybridized carbons (Fsp3) is 0.188. The van der Waals surface area contributed by atoms with Gasteiger partial charge in [-0.3, -0.25) is 9.52 Å². The largest absolute Gasteiger partial charge is 0.349 e. The third-order valence-corrected chi connectivity index (χ3v) is 5.05. The Bertz CT molecular complexity index is 831. The Morgan fingerprint density at radius 3 is 2.39 bits per heavy atom. The first-order chi connectivity index (χ1) is 10.9. The number of carbonyl (C=O) groups is 1. The van der Waals surface area contributed by atoms with Crippen molar-refractivity contribution < 1.29 is 13.2 Å². The van der Waals surface area contributed by atoms with Gasteiger partial charge < -0.3 is 5.32 Å². The quantitative estimate of drug-likeness (QED) is 0.870. The van der Waals surface area contributed by atoms with Gasteiger partial charge in [0.1, 0.15) is 0 Å². The summed E-state index contributed by atoms with van der Waals surface area (Å²) in [4.78, 5) is 12.0. The van der Waals surface area contributed by atoms with E-state index < -0.39 is 10.0 Å². The first-order valence-electron chi connectivity index (χ1n) is 7.13. The summed E-state index contributed by atoms with van der Waals surface area (Å²) in [6.07, 6.45) is 2.00. The molecule has 2 N–H and O–H groups in total. The summed E-state index contributed by atoms with van der Waals surface area (Å²) in [7, 11) is -3.72. The zero-order chi connectivity index (χ0) is 16.4. The molecule has 0 bridgehead atoms. The van der Waals surface area contributed by atoms with Crippen LogP contribution >= 0.6 is 11.6 Å². The third kappa shape index (κ3) is 4.03. The lowest BCUT2D eigenvalue weighted by Gasteiger charge is -2.09. The van der Waals surface area contributed by atoms with Gasteiger partial charge in [0.15, 0.2) is 0 Å². The fourth-order valence-electron chi connectivity index (χ4n) is 2.05. The number of carbonyl (C=O) groups excluding carboxylic acids is 1. The van der Waals surface area contributed by atoms with Crippen LogP contribution in [0, 0.1) is 0 Å². The molecule has 120 valence electrons. The number of nitrogens with one attached hydrogen (secondary N) is 2. The highest BCUT2D eigenvalue weighted by Crippen LogP contribution is 2.21. The van der Waals surface area contributed by atoms with Crippen LogP contribution in [0.3, 0.4) is 0 Å². The Morgan fingerprint density at radius 2 is 1.78 bits per heavy atom. The molecule has 0 aliphatic heterocycles. The predicted octanol–water partition coefficient (Wildman–Crippen LogP) is 3.03. The molecule has 2 aromatic carbocycles. The van der Waals surface area contributed by atoms with Crippen LogP contribution in [0.4, 0.5) is 5.69 Å². The molecule has 0 unspecified atom stereocenters. The van der Waals surface area contributed by atoms with Crippen molar-refractivity contribution in [2.75, 3.05) is 4.72 Å². The minimum Gasteiger partial charge on any atom is -0.349 e. The molecule has 3 rings (SSSR count). The highest BCUT2D eigenvalue weighted by atomic mass is 35.5. The molecule has 0 saturated heterocycles. The lowest BCUT2D eigenvalue weighted by atomic mass is 10.2. The van der Waals surface area contributed by atoms with E-state index in [4.69, 9.17) is 11.6 Å². The standard InChI is InChI=1S/C16H15ClN2O3S/c17-12-2-1-3-14(10-12)19-23(21,22)15-8-4-11(5-9-15)16(20)18-13-6-7-13/h1-5,8-10,13,19H,6-7H2,(H,18,20). The van der Waals surface area contributed by atoms with Crippen molar-refractivity contribution in [3.8, 4) is 0 Å². The molecule has 1 aliphatic rings. The number of anilines is 1. The second-order valence-electron chi connectivity index (χ2n) is 5.39. The van der Waals surface area contributed by atoms with E-state index in [1.54, 1.807) is 18.2 Å². The maximum Gasteiger partial charge on any atom is 0.261 e. The monoisotopic (exact) mass is 350 g/mol. The summed E-state index contributed by atoms with van der Waals surface area (Å²) in [5, 5.41) is 3.30. The van der Waals surface area contributed by atoms with Crippen LogP contribution in [-0.2, 0) is 10.0 Å². The van der Waals surface area contributed by atoms with Crippen LogP contribution in [0.2, 0.25) is 5.02 Å². The second kappa shape index (κ2) is 6.22. The van der Waals surface area contributed by atoms with Crippen molar-refractivity contribution in [3.63, 3.8) is 0 Å². The zero-order valence-electron chi connectivity index (χ0n) is 12.1. The summed E-state index contributed by atoms with van der Waals surface area (Å²) in [5.74, 6) is -0.181. The summed E-state index contributed by atoms with van der Waals surface area (Å²) in [5.41, 5.74) is 0.826. The van der Waals surface area contributed by atoms with E-state index in [9.17, 15) is 13.2 Å². The maximum atomic E-state index is 12.3. The van der Waals surface area contributed by atoms with E-state index in [1.165, 1.54) is 30.3 Å². The number of amides is 1. The van der Waals surface area contributed by atoms with E-state index in [2.05, 4.69) is 10.0 Å². The van der Waals surface area contributed by atoms with Gasteiger partial charge in [-0.2, -0.15) is 0 Å². The molecule has 1 fully saturated rings. The van der Waals surface area contributed by atoms with E-state index in [0.29, 0.717) is 16.3 Å². The average molecular weight is 351 g/mol. The minimum atomic E-state index is -3.72. The number of hydrogen-bond acceptors (Lipinski definition) is 3. The van der Waals surface area contributed by atoms with Crippen molar-refractivity contribution >= 4 is 33.2 Å². The number of halogens is 1. The first-order valence-corrected chi connectivity index (χ1v) is 8.99. The van der Waals surface area contributed by atoms with Crippen molar-refractivity contribution in [1.29, 1.82) is 0 Å². The van der Waals surface area contributed by atoms with E-state index in [0.717, 1.165) is 12.8 Å². The highest BCUT2D eigenvalue weighted by molar-refractivity contribution is 7.92. The van der Waals surface area contributed by atoms with Crippen LogP contribution in [0.1, 0.15) is 23.2 Å². The zero-order valence-corrected chi connectivity index (χ0v) is 13.7. The lowest BCUT2D eigenvalue weighted by Crippen LogP contribution is -2.25. The third-order valence-electron chi connectivity index (χ3n) is 3.42. The topological polar surface area (TPSA) is 75.3 Å². The number of rotatable bonds is 5. The molecule has 0 atom stereocenters. The predicted molar refractivity (Wildman–Crippen MR) is 89.2 cm³/mol. The van der Waals surface area contributed by atoms with Gasteiger partial charge in [0.2, 0.25) is 0 Å². The van der Waals surface area contributed by atoms with Gasteiger partial charge in [0.25, 0.3) is 15.9 Å². The maximum absolute atomic E-state index is 12.3. The number of benzene rings is 2. The fourth-order valence-corrected chi connectivity index (χ4v) is 3.29. The summed E-state index contributed by atoms with van der Waals surface area (Å²) >= 11 is 5.84. The van der Waals surface area contributed by atoms with Crippen molar-refractivity contribution in [2.24, 2.45) is 0 Å². The van der Waals surface area contributed by atoms with Crippen molar-refractivity contribution in [3.05, 3.63) is 59.1 Å². The second-order valence-corrected chi connectivity index (χ2v) is 7.51. The Balaban J connectivity index is 1.75. The molecule has 2 aromatic rings. The van der Waals surface area contributed by atoms with Crippen molar-refractivity contribution in [1.82, 2.24) is 5.32 Å². The molecule has 0 aromatic heterocycles. The minimum absolute atomic E-state index is 0.0837. The van der Waals surface area contributed by atoms with Gasteiger partial charge in [-0.05, 0) is 55.3 Å². The molecular weight excluding hydrogens is 336 g/mol. The molecule has 1 amide bonds. The molecule has 23 heavy (non-hydrogen) atoms. The van der Waals surface area contributed by atoms with Gasteiger partial charge in [-0.1, -0.05) is 17.7 Å². The van der Waals surface area contributed by atoms with Crippen LogP contribution in [0.15, 0.2) is 53.4 Å². The number of sulfonamides is 1. The Morgan fingerprint density at radius 1 is 1.09 bits per heavy atom. The molecular formula is C16H15ClN2O3S. The van der Waals surface area contributed by atoms with Gasteiger partial charge in [-0.25, -0.2) is 8.42 Å². The normalized spacial score (nSPS) is 14.3. The molecule has 0 heterocycles. The summed E-state index contributed by atoms with van der Waals surface area (Å²) < 4.78 is 27.1. The summed E-state index contributed by atoms with van der Waals surface area (Å²) in [6.45, 7) is 0. The molecule has 0 spiro atoms.